The minimum atomic E-state index is 0.651. The van der Waals surface area contributed by atoms with Crippen molar-refractivity contribution in [2.45, 2.75) is 51.9 Å². The number of nitrogens with zero attached hydrogens (tertiary/aromatic N) is 2. The minimum absolute atomic E-state index is 0.651. The molecule has 3 nitrogen and oxygen atoms in total. The highest BCUT2D eigenvalue weighted by Crippen LogP contribution is 2.43. The first-order valence-corrected chi connectivity index (χ1v) is 13.0. The molecule has 3 heteroatoms. The maximum atomic E-state index is 10.1. The molecule has 2 heterocycles. The molecule has 0 saturated heterocycles. The molecule has 0 atom stereocenters. The Balaban J connectivity index is 1.60. The molecule has 36 heavy (non-hydrogen) atoms. The van der Waals surface area contributed by atoms with E-state index in [1.54, 1.807) is 0 Å². The van der Waals surface area contributed by atoms with E-state index in [1.165, 1.54) is 48.8 Å². The van der Waals surface area contributed by atoms with Gasteiger partial charge in [-0.05, 0) is 73.1 Å². The third kappa shape index (κ3) is 3.60. The highest BCUT2D eigenvalue weighted by atomic mass is 16.3. The van der Waals surface area contributed by atoms with E-state index in [0.29, 0.717) is 11.5 Å². The van der Waals surface area contributed by atoms with Crippen LogP contribution in [-0.4, -0.2) is 0 Å². The molecule has 0 amide bonds. The summed E-state index contributed by atoms with van der Waals surface area (Å²) in [6, 6.07) is 23.8. The van der Waals surface area contributed by atoms with Gasteiger partial charge in [0.15, 0.2) is 6.20 Å². The SMILES string of the molecule is Cc1cc(C2CCCCC2)ccc1-c1c(C#N)ccc2c1oc1c(-c3cccc[n+]3C)c(C)ccc12. The Morgan fingerprint density at radius 3 is 2.31 bits per heavy atom. The summed E-state index contributed by atoms with van der Waals surface area (Å²) in [7, 11) is 2.06. The van der Waals surface area contributed by atoms with Crippen LogP contribution in [0.5, 0.6) is 0 Å². The van der Waals surface area contributed by atoms with Gasteiger partial charge in [-0.1, -0.05) is 49.6 Å². The zero-order chi connectivity index (χ0) is 24.8. The summed E-state index contributed by atoms with van der Waals surface area (Å²) in [6.45, 7) is 4.30. The number of aromatic nitrogens is 1. The van der Waals surface area contributed by atoms with Gasteiger partial charge in [-0.2, -0.15) is 5.26 Å². The lowest BCUT2D eigenvalue weighted by Crippen LogP contribution is -2.30. The first-order chi connectivity index (χ1) is 17.6. The molecule has 1 aliphatic carbocycles. The van der Waals surface area contributed by atoms with Gasteiger partial charge in [0, 0.05) is 28.5 Å². The largest absolute Gasteiger partial charge is 0.454 e. The summed E-state index contributed by atoms with van der Waals surface area (Å²) in [5.74, 6) is 0.654. The highest BCUT2D eigenvalue weighted by molar-refractivity contribution is 6.14. The van der Waals surface area contributed by atoms with Crippen molar-refractivity contribution in [1.82, 2.24) is 0 Å². The third-order valence-electron chi connectivity index (χ3n) is 8.05. The number of fused-ring (bicyclic) bond motifs is 3. The van der Waals surface area contributed by atoms with Crippen molar-refractivity contribution in [2.75, 3.05) is 0 Å². The van der Waals surface area contributed by atoms with Gasteiger partial charge in [0.1, 0.15) is 18.2 Å². The number of hydrogen-bond donors (Lipinski definition) is 0. The number of aryl methyl sites for hydroxylation is 3. The fourth-order valence-corrected chi connectivity index (χ4v) is 6.12. The van der Waals surface area contributed by atoms with Crippen LogP contribution in [0.25, 0.3) is 44.3 Å². The Hall–Kier alpha value is -3.90. The van der Waals surface area contributed by atoms with Crippen LogP contribution in [0.4, 0.5) is 0 Å². The van der Waals surface area contributed by atoms with Crippen LogP contribution in [-0.2, 0) is 7.05 Å². The normalized spacial score (nSPS) is 14.4. The third-order valence-corrected chi connectivity index (χ3v) is 8.05. The van der Waals surface area contributed by atoms with Gasteiger partial charge in [-0.15, -0.1) is 0 Å². The summed E-state index contributed by atoms with van der Waals surface area (Å²) in [5.41, 5.74) is 10.3. The molecule has 2 aromatic heterocycles. The summed E-state index contributed by atoms with van der Waals surface area (Å²) in [4.78, 5) is 0. The number of pyridine rings is 1. The van der Waals surface area contributed by atoms with Crippen molar-refractivity contribution in [2.24, 2.45) is 7.05 Å². The lowest BCUT2D eigenvalue weighted by molar-refractivity contribution is -0.660. The van der Waals surface area contributed by atoms with Crippen molar-refractivity contribution in [3.63, 3.8) is 0 Å². The summed E-state index contributed by atoms with van der Waals surface area (Å²) < 4.78 is 8.87. The van der Waals surface area contributed by atoms with Crippen LogP contribution in [0.15, 0.2) is 71.3 Å². The number of hydrogen-bond acceptors (Lipinski definition) is 2. The van der Waals surface area contributed by atoms with Crippen molar-refractivity contribution < 1.29 is 8.98 Å². The Bertz CT molecular complexity index is 1660. The lowest BCUT2D eigenvalue weighted by Gasteiger charge is -2.23. The van der Waals surface area contributed by atoms with Crippen molar-refractivity contribution >= 4 is 21.9 Å². The first-order valence-electron chi connectivity index (χ1n) is 13.0. The van der Waals surface area contributed by atoms with E-state index in [9.17, 15) is 5.26 Å². The fraction of sp³-hybridized carbons (Fsp3) is 0.273. The number of furan rings is 1. The molecule has 5 aromatic rings. The molecule has 0 spiro atoms. The van der Waals surface area contributed by atoms with Crippen LogP contribution in [0.3, 0.4) is 0 Å². The van der Waals surface area contributed by atoms with Crippen LogP contribution in [0, 0.1) is 25.2 Å². The second-order valence-corrected chi connectivity index (χ2v) is 10.3. The summed E-state index contributed by atoms with van der Waals surface area (Å²) in [6.07, 6.45) is 8.62. The van der Waals surface area contributed by atoms with Crippen molar-refractivity contribution in [3.8, 4) is 28.5 Å². The minimum Gasteiger partial charge on any atom is -0.454 e. The van der Waals surface area contributed by atoms with Crippen LogP contribution in [0.2, 0.25) is 0 Å². The second-order valence-electron chi connectivity index (χ2n) is 10.3. The molecule has 6 rings (SSSR count). The van der Waals surface area contributed by atoms with Gasteiger partial charge in [0.05, 0.1) is 17.2 Å². The number of nitriles is 1. The monoisotopic (exact) mass is 471 g/mol. The molecule has 0 aliphatic heterocycles. The average molecular weight is 472 g/mol. The Morgan fingerprint density at radius 2 is 1.58 bits per heavy atom. The maximum Gasteiger partial charge on any atom is 0.216 e. The maximum absolute atomic E-state index is 10.1. The van der Waals surface area contributed by atoms with Gasteiger partial charge in [0.2, 0.25) is 5.69 Å². The van der Waals surface area contributed by atoms with E-state index in [-0.39, 0.29) is 0 Å². The summed E-state index contributed by atoms with van der Waals surface area (Å²) >= 11 is 0. The topological polar surface area (TPSA) is 40.8 Å². The molecular weight excluding hydrogens is 440 g/mol. The Kier molecular flexibility index (Phi) is 5.61. The van der Waals surface area contributed by atoms with E-state index in [0.717, 1.165) is 44.3 Å². The molecule has 1 fully saturated rings. The average Bonchev–Trinajstić information content (AvgIpc) is 3.28. The quantitative estimate of drug-likeness (QED) is 0.248. The molecule has 0 N–H and O–H groups in total. The molecule has 3 aromatic carbocycles. The van der Waals surface area contributed by atoms with E-state index >= 15 is 0 Å². The fourth-order valence-electron chi connectivity index (χ4n) is 6.12. The molecule has 1 aliphatic rings. The first kappa shape index (κ1) is 22.6. The van der Waals surface area contributed by atoms with Crippen molar-refractivity contribution in [3.05, 3.63) is 89.1 Å². The zero-order valence-electron chi connectivity index (χ0n) is 21.3. The predicted octanol–water partition coefficient (Wildman–Crippen LogP) is 8.28. The molecule has 1 saturated carbocycles. The second kappa shape index (κ2) is 8.95. The summed E-state index contributed by atoms with van der Waals surface area (Å²) in [5, 5.41) is 12.2. The van der Waals surface area contributed by atoms with E-state index in [1.807, 2.05) is 18.2 Å². The van der Waals surface area contributed by atoms with Gasteiger partial charge in [0.25, 0.3) is 0 Å². The molecule has 0 radical (unpaired) electrons. The molecule has 0 bridgehead atoms. The number of benzene rings is 3. The number of rotatable bonds is 3. The van der Waals surface area contributed by atoms with Crippen LogP contribution < -0.4 is 4.57 Å². The van der Waals surface area contributed by atoms with Crippen LogP contribution in [0.1, 0.15) is 60.3 Å². The highest BCUT2D eigenvalue weighted by Gasteiger charge is 2.24. The van der Waals surface area contributed by atoms with Crippen molar-refractivity contribution in [1.29, 1.82) is 5.26 Å². The standard InChI is InChI=1S/C33H31N2O/c1-21-12-15-27-28-17-14-25(20-34)31(26-16-13-24(19-22(26)2)23-9-5-4-6-10-23)33(28)36-32(27)30(21)29-11-7-8-18-35(29)3/h7-8,11-19,23H,4-6,9-10H2,1-3H3/q+1. The van der Waals surface area contributed by atoms with Gasteiger partial charge < -0.3 is 4.42 Å². The van der Waals surface area contributed by atoms with Crippen LogP contribution >= 0.6 is 0 Å². The lowest BCUT2D eigenvalue weighted by atomic mass is 9.82. The molecule has 178 valence electrons. The van der Waals surface area contributed by atoms with E-state index in [4.69, 9.17) is 4.42 Å². The van der Waals surface area contributed by atoms with Gasteiger partial charge >= 0.3 is 0 Å². The van der Waals surface area contributed by atoms with Gasteiger partial charge in [-0.3, -0.25) is 0 Å². The Morgan fingerprint density at radius 1 is 0.833 bits per heavy atom. The molecular formula is C33H31N2O+. The van der Waals surface area contributed by atoms with Gasteiger partial charge in [-0.25, -0.2) is 4.57 Å². The van der Waals surface area contributed by atoms with E-state index < -0.39 is 0 Å². The Labute approximate surface area is 212 Å². The zero-order valence-corrected chi connectivity index (χ0v) is 21.3. The smallest absolute Gasteiger partial charge is 0.216 e. The van der Waals surface area contributed by atoms with E-state index in [2.05, 4.69) is 80.2 Å². The predicted molar refractivity (Wildman–Crippen MR) is 146 cm³/mol. The molecule has 0 unspecified atom stereocenters.